The van der Waals surface area contributed by atoms with Gasteiger partial charge in [-0.15, -0.1) is 11.8 Å². The van der Waals surface area contributed by atoms with Crippen LogP contribution in [0.15, 0.2) is 41.3 Å². The molecule has 1 amide bonds. The standard InChI is InChI=1S/C23H29N3OS2/c1-6-28-20-11-8-7-10-18(20)22(27)26(13-9-12-25(4)5)23-24-19-15-16(2)14-17(3)21(19)29-23/h7-8,10-11,14-15H,6,9,12-13H2,1-5H3. The summed E-state index contributed by atoms with van der Waals surface area (Å²) in [6.07, 6.45) is 0.899. The van der Waals surface area contributed by atoms with Crippen molar-refractivity contribution in [2.24, 2.45) is 0 Å². The number of thioether (sulfide) groups is 1. The van der Waals surface area contributed by atoms with Gasteiger partial charge >= 0.3 is 0 Å². The van der Waals surface area contributed by atoms with Crippen molar-refractivity contribution in [3.63, 3.8) is 0 Å². The van der Waals surface area contributed by atoms with Gasteiger partial charge in [0.25, 0.3) is 5.91 Å². The molecule has 3 rings (SSSR count). The Balaban J connectivity index is 2.01. The summed E-state index contributed by atoms with van der Waals surface area (Å²) < 4.78 is 1.16. The molecule has 154 valence electrons. The summed E-state index contributed by atoms with van der Waals surface area (Å²) in [6.45, 7) is 7.89. The van der Waals surface area contributed by atoms with E-state index in [1.54, 1.807) is 23.1 Å². The van der Waals surface area contributed by atoms with Crippen LogP contribution in [0.25, 0.3) is 10.2 Å². The summed E-state index contributed by atoms with van der Waals surface area (Å²) >= 11 is 3.32. The van der Waals surface area contributed by atoms with Crippen LogP contribution in [-0.4, -0.2) is 48.7 Å². The van der Waals surface area contributed by atoms with Crippen molar-refractivity contribution in [2.75, 3.05) is 37.8 Å². The predicted octanol–water partition coefficient (Wildman–Crippen LogP) is 5.62. The number of fused-ring (bicyclic) bond motifs is 1. The molecule has 0 aliphatic rings. The molecule has 1 heterocycles. The van der Waals surface area contributed by atoms with Crippen molar-refractivity contribution in [1.82, 2.24) is 9.88 Å². The Kier molecular flexibility index (Phi) is 7.33. The molecule has 0 spiro atoms. The van der Waals surface area contributed by atoms with Crippen LogP contribution >= 0.6 is 23.1 Å². The van der Waals surface area contributed by atoms with Gasteiger partial charge in [0.1, 0.15) is 0 Å². The smallest absolute Gasteiger partial charge is 0.261 e. The van der Waals surface area contributed by atoms with Gasteiger partial charge in [-0.2, -0.15) is 0 Å². The van der Waals surface area contributed by atoms with E-state index >= 15 is 0 Å². The molecule has 0 saturated heterocycles. The van der Waals surface area contributed by atoms with E-state index in [-0.39, 0.29) is 5.91 Å². The first-order valence-corrected chi connectivity index (χ1v) is 11.8. The zero-order chi connectivity index (χ0) is 21.0. The lowest BCUT2D eigenvalue weighted by Crippen LogP contribution is -2.33. The average Bonchev–Trinajstić information content (AvgIpc) is 3.09. The quantitative estimate of drug-likeness (QED) is 0.437. The van der Waals surface area contributed by atoms with Crippen molar-refractivity contribution < 1.29 is 4.79 Å². The summed E-state index contributed by atoms with van der Waals surface area (Å²) in [7, 11) is 4.12. The van der Waals surface area contributed by atoms with Gasteiger partial charge in [0.15, 0.2) is 5.13 Å². The Bertz CT molecular complexity index is 997. The van der Waals surface area contributed by atoms with Crippen molar-refractivity contribution in [1.29, 1.82) is 0 Å². The second-order valence-electron chi connectivity index (χ2n) is 7.47. The van der Waals surface area contributed by atoms with Gasteiger partial charge in [0, 0.05) is 11.4 Å². The van der Waals surface area contributed by atoms with Gasteiger partial charge in [-0.25, -0.2) is 4.98 Å². The van der Waals surface area contributed by atoms with Crippen LogP contribution in [0.5, 0.6) is 0 Å². The van der Waals surface area contributed by atoms with Crippen LogP contribution in [0.4, 0.5) is 5.13 Å². The van der Waals surface area contributed by atoms with E-state index in [0.717, 1.165) is 44.5 Å². The van der Waals surface area contributed by atoms with Gasteiger partial charge in [0.2, 0.25) is 0 Å². The molecule has 0 bridgehead atoms. The van der Waals surface area contributed by atoms with Crippen LogP contribution in [0.1, 0.15) is 34.8 Å². The first-order chi connectivity index (χ1) is 13.9. The molecule has 0 atom stereocenters. The molecule has 1 aromatic heterocycles. The van der Waals surface area contributed by atoms with Gasteiger partial charge in [-0.3, -0.25) is 9.69 Å². The topological polar surface area (TPSA) is 36.4 Å². The SMILES string of the molecule is CCSc1ccccc1C(=O)N(CCCN(C)C)c1nc2cc(C)cc(C)c2s1. The maximum atomic E-state index is 13.6. The van der Waals surface area contributed by atoms with E-state index < -0.39 is 0 Å². The minimum atomic E-state index is 0.0359. The number of anilines is 1. The van der Waals surface area contributed by atoms with Crippen molar-refractivity contribution in [2.45, 2.75) is 32.1 Å². The Labute approximate surface area is 181 Å². The Morgan fingerprint density at radius 2 is 1.90 bits per heavy atom. The highest BCUT2D eigenvalue weighted by Crippen LogP contribution is 2.34. The van der Waals surface area contributed by atoms with E-state index in [1.807, 2.05) is 29.2 Å². The zero-order valence-electron chi connectivity index (χ0n) is 17.9. The molecule has 0 N–H and O–H groups in total. The summed E-state index contributed by atoms with van der Waals surface area (Å²) in [5, 5.41) is 0.786. The highest BCUT2D eigenvalue weighted by Gasteiger charge is 2.23. The number of thiazole rings is 1. The molecular weight excluding hydrogens is 398 g/mol. The van der Waals surface area contributed by atoms with E-state index in [0.29, 0.717) is 6.54 Å². The number of nitrogens with zero attached hydrogens (tertiary/aromatic N) is 3. The lowest BCUT2D eigenvalue weighted by Gasteiger charge is -2.22. The fraction of sp³-hybridized carbons (Fsp3) is 0.391. The molecule has 0 saturated carbocycles. The maximum Gasteiger partial charge on any atom is 0.261 e. The number of carbonyl (C=O) groups excluding carboxylic acids is 1. The van der Waals surface area contributed by atoms with Crippen LogP contribution in [-0.2, 0) is 0 Å². The number of benzene rings is 2. The Morgan fingerprint density at radius 3 is 2.62 bits per heavy atom. The highest BCUT2D eigenvalue weighted by atomic mass is 32.2. The molecule has 0 unspecified atom stereocenters. The second kappa shape index (κ2) is 9.74. The maximum absolute atomic E-state index is 13.6. The fourth-order valence-electron chi connectivity index (χ4n) is 3.38. The molecule has 2 aromatic carbocycles. The molecule has 0 fully saturated rings. The number of hydrogen-bond donors (Lipinski definition) is 0. The monoisotopic (exact) mass is 427 g/mol. The van der Waals surface area contributed by atoms with E-state index in [4.69, 9.17) is 4.98 Å². The summed E-state index contributed by atoms with van der Waals surface area (Å²) in [6, 6.07) is 12.2. The van der Waals surface area contributed by atoms with Crippen molar-refractivity contribution in [3.05, 3.63) is 53.1 Å². The number of hydrogen-bond acceptors (Lipinski definition) is 5. The largest absolute Gasteiger partial charge is 0.309 e. The Morgan fingerprint density at radius 1 is 1.14 bits per heavy atom. The zero-order valence-corrected chi connectivity index (χ0v) is 19.5. The molecule has 0 radical (unpaired) electrons. The second-order valence-corrected chi connectivity index (χ2v) is 9.75. The number of rotatable bonds is 8. The number of amides is 1. The molecule has 0 aliphatic carbocycles. The Hall–Kier alpha value is -1.89. The van der Waals surface area contributed by atoms with Gasteiger partial charge < -0.3 is 4.90 Å². The third-order valence-corrected chi connectivity index (χ3v) is 6.87. The van der Waals surface area contributed by atoms with E-state index in [1.165, 1.54) is 11.1 Å². The first kappa shape index (κ1) is 21.8. The van der Waals surface area contributed by atoms with Gasteiger partial charge in [-0.1, -0.05) is 36.5 Å². The lowest BCUT2D eigenvalue weighted by atomic mass is 10.1. The van der Waals surface area contributed by atoms with E-state index in [9.17, 15) is 4.79 Å². The summed E-state index contributed by atoms with van der Waals surface area (Å²) in [5.74, 6) is 0.971. The van der Waals surface area contributed by atoms with Crippen molar-refractivity contribution >= 4 is 44.4 Å². The van der Waals surface area contributed by atoms with E-state index in [2.05, 4.69) is 51.9 Å². The molecule has 0 aliphatic heterocycles. The minimum absolute atomic E-state index is 0.0359. The third-order valence-electron chi connectivity index (χ3n) is 4.69. The van der Waals surface area contributed by atoms with Gasteiger partial charge in [0.05, 0.1) is 15.8 Å². The average molecular weight is 428 g/mol. The van der Waals surface area contributed by atoms with Crippen LogP contribution in [0.2, 0.25) is 0 Å². The molecular formula is C23H29N3OS2. The lowest BCUT2D eigenvalue weighted by molar-refractivity contribution is 0.0983. The first-order valence-electron chi connectivity index (χ1n) is 9.97. The van der Waals surface area contributed by atoms with Gasteiger partial charge in [-0.05, 0) is 76.0 Å². The summed E-state index contributed by atoms with van der Waals surface area (Å²) in [5.41, 5.74) is 4.15. The van der Waals surface area contributed by atoms with Crippen molar-refractivity contribution in [3.8, 4) is 0 Å². The van der Waals surface area contributed by atoms with Crippen LogP contribution < -0.4 is 4.90 Å². The molecule has 3 aromatic rings. The molecule has 4 nitrogen and oxygen atoms in total. The molecule has 6 heteroatoms. The van der Waals surface area contributed by atoms with Crippen LogP contribution in [0.3, 0.4) is 0 Å². The third kappa shape index (κ3) is 5.18. The highest BCUT2D eigenvalue weighted by molar-refractivity contribution is 7.99. The number of aromatic nitrogens is 1. The molecule has 29 heavy (non-hydrogen) atoms. The number of aryl methyl sites for hydroxylation is 2. The minimum Gasteiger partial charge on any atom is -0.309 e. The fourth-order valence-corrected chi connectivity index (χ4v) is 5.22. The predicted molar refractivity (Wildman–Crippen MR) is 127 cm³/mol. The van der Waals surface area contributed by atoms with Crippen LogP contribution in [0, 0.1) is 13.8 Å². The normalized spacial score (nSPS) is 11.4. The number of carbonyl (C=O) groups is 1. The summed E-state index contributed by atoms with van der Waals surface area (Å²) in [4.78, 5) is 23.5.